The monoisotopic (exact) mass is 319 g/mol. The summed E-state index contributed by atoms with van der Waals surface area (Å²) in [5, 5.41) is 8.92. The first kappa shape index (κ1) is 15.9. The summed E-state index contributed by atoms with van der Waals surface area (Å²) in [6.07, 6.45) is 0. The van der Waals surface area contributed by atoms with Crippen LogP contribution in [0.1, 0.15) is 18.7 Å². The van der Waals surface area contributed by atoms with E-state index < -0.39 is 23.1 Å². The number of hydrogen-bond acceptors (Lipinski definition) is 6. The molecule has 0 spiro atoms. The van der Waals surface area contributed by atoms with Crippen molar-refractivity contribution >= 4 is 33.6 Å². The van der Waals surface area contributed by atoms with E-state index in [1.807, 2.05) is 0 Å². The van der Waals surface area contributed by atoms with Crippen LogP contribution in [0.3, 0.4) is 0 Å². The van der Waals surface area contributed by atoms with Crippen molar-refractivity contribution in [3.8, 4) is 6.07 Å². The largest absolute Gasteiger partial charge is 0.308 e. The second-order valence-electron chi connectivity index (χ2n) is 4.42. The molecule has 112 valence electrons. The molecule has 0 unspecified atom stereocenters. The summed E-state index contributed by atoms with van der Waals surface area (Å²) in [6.45, 7) is 1.31. The third kappa shape index (κ3) is 3.38. The van der Waals surface area contributed by atoms with Crippen LogP contribution in [0.4, 0.5) is 4.39 Å². The number of halogens is 1. The molecule has 0 fully saturated rings. The number of fused-ring (bicyclic) bond motifs is 1. The first-order valence-electron chi connectivity index (χ1n) is 6.17. The number of carbonyl (C=O) groups excluding carboxylic acids is 2. The van der Waals surface area contributed by atoms with Gasteiger partial charge in [-0.1, -0.05) is 11.8 Å². The smallest absolute Gasteiger partial charge is 0.258 e. The quantitative estimate of drug-likeness (QED) is 0.916. The van der Waals surface area contributed by atoms with Crippen LogP contribution in [0, 0.1) is 17.1 Å². The van der Waals surface area contributed by atoms with Gasteiger partial charge in [0.2, 0.25) is 0 Å². The summed E-state index contributed by atoms with van der Waals surface area (Å²) in [5.41, 5.74) is -0.445. The maximum Gasteiger partial charge on any atom is 0.258 e. The van der Waals surface area contributed by atoms with Gasteiger partial charge in [-0.2, -0.15) is 5.26 Å². The Bertz CT molecular complexity index is 857. The molecule has 2 aromatic rings. The fraction of sp³-hybridized carbons (Fsp3) is 0.214. The normalized spacial score (nSPS) is 11.9. The van der Waals surface area contributed by atoms with Crippen LogP contribution >= 0.6 is 11.8 Å². The van der Waals surface area contributed by atoms with E-state index in [-0.39, 0.29) is 27.6 Å². The molecule has 1 N–H and O–H groups in total. The third-order valence-corrected chi connectivity index (χ3v) is 3.66. The van der Waals surface area contributed by atoms with Gasteiger partial charge >= 0.3 is 0 Å². The van der Waals surface area contributed by atoms with E-state index in [4.69, 9.17) is 5.26 Å². The SMILES string of the molecule is CC(=O)SCC(=O)[C@@H](C#N)c1nc2ccc(F)cc2c(=O)[nH]1. The summed E-state index contributed by atoms with van der Waals surface area (Å²) >= 11 is 0.779. The molecule has 0 aliphatic rings. The maximum absolute atomic E-state index is 13.1. The van der Waals surface area contributed by atoms with Crippen molar-refractivity contribution in [1.29, 1.82) is 5.26 Å². The molecule has 0 amide bonds. The average molecular weight is 319 g/mol. The molecule has 1 aromatic heterocycles. The van der Waals surface area contributed by atoms with Crippen LogP contribution in [-0.2, 0) is 9.59 Å². The van der Waals surface area contributed by atoms with Crippen LogP contribution in [0.25, 0.3) is 10.9 Å². The minimum atomic E-state index is -1.28. The summed E-state index contributed by atoms with van der Waals surface area (Å²) in [6, 6.07) is 5.22. The highest BCUT2D eigenvalue weighted by molar-refractivity contribution is 8.14. The number of benzene rings is 1. The van der Waals surface area contributed by atoms with Gasteiger partial charge in [0, 0.05) is 6.92 Å². The molecule has 0 radical (unpaired) electrons. The first-order valence-corrected chi connectivity index (χ1v) is 7.16. The van der Waals surface area contributed by atoms with Gasteiger partial charge in [0.25, 0.3) is 5.56 Å². The Labute approximate surface area is 128 Å². The number of nitrogens with one attached hydrogen (secondary N) is 1. The molecule has 1 heterocycles. The molecule has 1 aromatic carbocycles. The van der Waals surface area contributed by atoms with Crippen molar-refractivity contribution in [2.45, 2.75) is 12.8 Å². The number of hydrogen-bond donors (Lipinski definition) is 1. The predicted octanol–water partition coefficient (Wildman–Crippen LogP) is 1.52. The number of rotatable bonds is 4. The van der Waals surface area contributed by atoms with Crippen LogP contribution in [0.15, 0.2) is 23.0 Å². The number of nitriles is 1. The Morgan fingerprint density at radius 2 is 2.23 bits per heavy atom. The van der Waals surface area contributed by atoms with E-state index in [9.17, 15) is 18.8 Å². The highest BCUT2D eigenvalue weighted by Crippen LogP contribution is 2.17. The number of nitrogens with zero attached hydrogens (tertiary/aromatic N) is 2. The zero-order chi connectivity index (χ0) is 16.3. The van der Waals surface area contributed by atoms with Crippen LogP contribution < -0.4 is 5.56 Å². The molecule has 22 heavy (non-hydrogen) atoms. The predicted molar refractivity (Wildman–Crippen MR) is 78.8 cm³/mol. The van der Waals surface area contributed by atoms with E-state index in [1.54, 1.807) is 6.07 Å². The van der Waals surface area contributed by atoms with Crippen LogP contribution in [0.2, 0.25) is 0 Å². The van der Waals surface area contributed by atoms with E-state index in [0.717, 1.165) is 23.9 Å². The molecule has 0 bridgehead atoms. The van der Waals surface area contributed by atoms with Crippen molar-refractivity contribution in [1.82, 2.24) is 9.97 Å². The van der Waals surface area contributed by atoms with Crippen LogP contribution in [0.5, 0.6) is 0 Å². The number of ketones is 1. The standard InChI is InChI=1S/C14H10FN3O3S/c1-7(19)22-6-12(20)10(5-16)13-17-11-3-2-8(15)4-9(11)14(21)18-13/h2-4,10H,6H2,1H3,(H,17,18,21)/t10-/m1/s1. The van der Waals surface area contributed by atoms with Crippen molar-refractivity contribution in [2.24, 2.45) is 0 Å². The van der Waals surface area contributed by atoms with Gasteiger partial charge in [-0.3, -0.25) is 14.4 Å². The van der Waals surface area contributed by atoms with E-state index >= 15 is 0 Å². The van der Waals surface area contributed by atoms with E-state index in [0.29, 0.717) is 0 Å². The fourth-order valence-electron chi connectivity index (χ4n) is 1.81. The number of aromatic amines is 1. The molecule has 6 nitrogen and oxygen atoms in total. The van der Waals surface area contributed by atoms with Gasteiger partial charge in [0.1, 0.15) is 11.6 Å². The van der Waals surface area contributed by atoms with Crippen LogP contribution in [-0.4, -0.2) is 26.6 Å². The molecule has 2 rings (SSSR count). The highest BCUT2D eigenvalue weighted by Gasteiger charge is 2.23. The van der Waals surface area contributed by atoms with Gasteiger partial charge < -0.3 is 4.98 Å². The third-order valence-electron chi connectivity index (χ3n) is 2.83. The Morgan fingerprint density at radius 1 is 1.50 bits per heavy atom. The second-order valence-corrected chi connectivity index (χ2v) is 5.57. The van der Waals surface area contributed by atoms with Crippen molar-refractivity contribution in [2.75, 3.05) is 5.75 Å². The summed E-state index contributed by atoms with van der Waals surface area (Å²) in [7, 11) is 0. The zero-order valence-corrected chi connectivity index (χ0v) is 12.2. The van der Waals surface area contributed by atoms with Crippen molar-refractivity contribution in [3.05, 3.63) is 40.2 Å². The average Bonchev–Trinajstić information content (AvgIpc) is 2.46. The molecule has 0 aliphatic carbocycles. The van der Waals surface area contributed by atoms with Gasteiger partial charge in [0.15, 0.2) is 16.8 Å². The lowest BCUT2D eigenvalue weighted by molar-refractivity contribution is -0.117. The number of carbonyl (C=O) groups is 2. The first-order chi connectivity index (χ1) is 10.4. The van der Waals surface area contributed by atoms with Gasteiger partial charge in [0.05, 0.1) is 22.7 Å². The van der Waals surface area contributed by atoms with Gasteiger partial charge in [-0.15, -0.1) is 0 Å². The minimum Gasteiger partial charge on any atom is -0.308 e. The Hall–Kier alpha value is -2.53. The van der Waals surface area contributed by atoms with Crippen molar-refractivity contribution in [3.63, 3.8) is 0 Å². The lowest BCUT2D eigenvalue weighted by Crippen LogP contribution is -2.21. The van der Waals surface area contributed by atoms with E-state index in [2.05, 4.69) is 9.97 Å². The molecule has 1 atom stereocenters. The summed E-state index contributed by atoms with van der Waals surface area (Å²) < 4.78 is 13.1. The Morgan fingerprint density at radius 3 is 2.86 bits per heavy atom. The lowest BCUT2D eigenvalue weighted by atomic mass is 10.1. The summed E-state index contributed by atoms with van der Waals surface area (Å²) in [5.74, 6) is -2.70. The highest BCUT2D eigenvalue weighted by atomic mass is 32.2. The topological polar surface area (TPSA) is 104 Å². The fourth-order valence-corrected chi connectivity index (χ4v) is 2.32. The minimum absolute atomic E-state index is 0.0333. The summed E-state index contributed by atoms with van der Waals surface area (Å²) in [4.78, 5) is 41.1. The lowest BCUT2D eigenvalue weighted by Gasteiger charge is -2.08. The second kappa shape index (κ2) is 6.49. The Kier molecular flexibility index (Phi) is 4.68. The number of H-pyrrole nitrogens is 1. The maximum atomic E-state index is 13.1. The Balaban J connectivity index is 2.42. The van der Waals surface area contributed by atoms with Gasteiger partial charge in [-0.25, -0.2) is 9.37 Å². The van der Waals surface area contributed by atoms with E-state index in [1.165, 1.54) is 13.0 Å². The molecular formula is C14H10FN3O3S. The molecule has 0 aliphatic heterocycles. The molecular weight excluding hydrogens is 309 g/mol. The number of thioether (sulfide) groups is 1. The molecule has 0 saturated carbocycles. The molecule has 0 saturated heterocycles. The zero-order valence-electron chi connectivity index (χ0n) is 11.4. The van der Waals surface area contributed by atoms with Crippen molar-refractivity contribution < 1.29 is 14.0 Å². The molecule has 8 heteroatoms. The number of Topliss-reactive ketones (excluding diaryl/α,β-unsaturated/α-hetero) is 1. The number of aromatic nitrogens is 2. The van der Waals surface area contributed by atoms with Gasteiger partial charge in [-0.05, 0) is 18.2 Å².